The van der Waals surface area contributed by atoms with Gasteiger partial charge in [0.15, 0.2) is 0 Å². The van der Waals surface area contributed by atoms with Gasteiger partial charge in [0.05, 0.1) is 10.9 Å². The lowest BCUT2D eigenvalue weighted by Gasteiger charge is -2.37. The summed E-state index contributed by atoms with van der Waals surface area (Å²) in [6.45, 7) is 10.0. The van der Waals surface area contributed by atoms with Crippen LogP contribution in [0.3, 0.4) is 0 Å². The van der Waals surface area contributed by atoms with Crippen LogP contribution in [0.2, 0.25) is 0 Å². The number of carbonyl (C=O) groups excluding carboxylic acids is 1. The molecule has 2 aromatic rings. The Kier molecular flexibility index (Phi) is 6.95. The minimum Gasteiger partial charge on any atom is -0.351 e. The summed E-state index contributed by atoms with van der Waals surface area (Å²) in [6.07, 6.45) is 0. The van der Waals surface area contributed by atoms with Crippen LogP contribution in [-0.2, 0) is 21.4 Å². The highest BCUT2D eigenvalue weighted by molar-refractivity contribution is 7.89. The fourth-order valence-electron chi connectivity index (χ4n) is 3.77. The van der Waals surface area contributed by atoms with Gasteiger partial charge in [-0.15, -0.1) is 0 Å². The molecule has 1 aliphatic heterocycles. The Morgan fingerprint density at radius 1 is 0.967 bits per heavy atom. The Morgan fingerprint density at radius 2 is 1.57 bits per heavy atom. The van der Waals surface area contributed by atoms with E-state index in [0.29, 0.717) is 37.6 Å². The zero-order valence-electron chi connectivity index (χ0n) is 18.2. The summed E-state index contributed by atoms with van der Waals surface area (Å²) in [4.78, 5) is 15.0. The maximum atomic E-state index is 13.0. The highest BCUT2D eigenvalue weighted by Gasteiger charge is 2.32. The molecule has 3 rings (SSSR count). The highest BCUT2D eigenvalue weighted by atomic mass is 32.2. The highest BCUT2D eigenvalue weighted by Crippen LogP contribution is 2.22. The number of aryl methyl sites for hydroxylation is 3. The van der Waals surface area contributed by atoms with Crippen molar-refractivity contribution in [3.63, 3.8) is 0 Å². The number of rotatable bonds is 6. The molecule has 0 aromatic heterocycles. The Balaban J connectivity index is 1.56. The van der Waals surface area contributed by atoms with Crippen molar-refractivity contribution in [2.24, 2.45) is 0 Å². The maximum absolute atomic E-state index is 13.0. The second-order valence-electron chi connectivity index (χ2n) is 8.09. The molecule has 1 heterocycles. The number of carbonyl (C=O) groups is 1. The van der Waals surface area contributed by atoms with E-state index >= 15 is 0 Å². The van der Waals surface area contributed by atoms with Gasteiger partial charge < -0.3 is 5.32 Å². The molecule has 0 aliphatic carbocycles. The molecule has 1 N–H and O–H groups in total. The van der Waals surface area contributed by atoms with Gasteiger partial charge in [-0.25, -0.2) is 8.42 Å². The van der Waals surface area contributed by atoms with Gasteiger partial charge in [-0.2, -0.15) is 4.31 Å². The number of sulfonamides is 1. The van der Waals surface area contributed by atoms with E-state index in [-0.39, 0.29) is 11.9 Å². The molecule has 7 heteroatoms. The van der Waals surface area contributed by atoms with Crippen molar-refractivity contribution in [2.45, 2.75) is 45.2 Å². The van der Waals surface area contributed by atoms with E-state index in [2.05, 4.69) is 5.32 Å². The first-order valence-electron chi connectivity index (χ1n) is 10.3. The van der Waals surface area contributed by atoms with Crippen LogP contribution >= 0.6 is 0 Å². The standard InChI is InChI=1S/C23H31N3O3S/c1-17-5-8-21(9-6-17)16-24-23(27)20(4)25-11-13-26(14-12-25)30(28,29)22-10-7-18(2)15-19(22)3/h5-10,15,20H,11-14,16H2,1-4H3,(H,24,27). The van der Waals surface area contributed by atoms with Crippen molar-refractivity contribution in [1.29, 1.82) is 0 Å². The monoisotopic (exact) mass is 429 g/mol. The van der Waals surface area contributed by atoms with Crippen molar-refractivity contribution >= 4 is 15.9 Å². The summed E-state index contributed by atoms with van der Waals surface area (Å²) in [6, 6.07) is 13.2. The second kappa shape index (κ2) is 9.29. The van der Waals surface area contributed by atoms with Gasteiger partial charge in [-0.1, -0.05) is 47.5 Å². The van der Waals surface area contributed by atoms with Crippen LogP contribution in [0.25, 0.3) is 0 Å². The third-order valence-electron chi connectivity index (χ3n) is 5.74. The van der Waals surface area contributed by atoms with Gasteiger partial charge in [0.1, 0.15) is 0 Å². The minimum absolute atomic E-state index is 0.0405. The molecule has 0 bridgehead atoms. The topological polar surface area (TPSA) is 69.7 Å². The molecule has 1 atom stereocenters. The zero-order chi connectivity index (χ0) is 21.9. The van der Waals surface area contributed by atoms with E-state index in [1.807, 2.05) is 69.0 Å². The normalized spacial score (nSPS) is 16.9. The van der Waals surface area contributed by atoms with Crippen molar-refractivity contribution in [2.75, 3.05) is 26.2 Å². The summed E-state index contributed by atoms with van der Waals surface area (Å²) in [5.41, 5.74) is 4.06. The first-order chi connectivity index (χ1) is 14.2. The summed E-state index contributed by atoms with van der Waals surface area (Å²) in [5.74, 6) is -0.0405. The molecule has 0 saturated carbocycles. The summed E-state index contributed by atoms with van der Waals surface area (Å²) < 4.78 is 27.6. The van der Waals surface area contributed by atoms with Gasteiger partial charge in [-0.05, 0) is 44.9 Å². The molecule has 1 unspecified atom stereocenters. The van der Waals surface area contributed by atoms with Crippen LogP contribution in [-0.4, -0.2) is 55.8 Å². The van der Waals surface area contributed by atoms with Crippen molar-refractivity contribution in [3.05, 3.63) is 64.7 Å². The predicted molar refractivity (Wildman–Crippen MR) is 119 cm³/mol. The lowest BCUT2D eigenvalue weighted by molar-refractivity contribution is -0.126. The molecule has 2 aromatic carbocycles. The quantitative estimate of drug-likeness (QED) is 0.766. The van der Waals surface area contributed by atoms with E-state index in [1.54, 1.807) is 6.07 Å². The Bertz CT molecular complexity index is 995. The zero-order valence-corrected chi connectivity index (χ0v) is 19.0. The SMILES string of the molecule is Cc1ccc(CNC(=O)C(C)N2CCN(S(=O)(=O)c3ccc(C)cc3C)CC2)cc1. The summed E-state index contributed by atoms with van der Waals surface area (Å²) in [5, 5.41) is 2.98. The number of amides is 1. The average Bonchev–Trinajstić information content (AvgIpc) is 2.72. The third-order valence-corrected chi connectivity index (χ3v) is 7.79. The number of nitrogens with zero attached hydrogens (tertiary/aromatic N) is 2. The van der Waals surface area contributed by atoms with Crippen LogP contribution in [0.1, 0.15) is 29.2 Å². The Labute approximate surface area is 179 Å². The fourth-order valence-corrected chi connectivity index (χ4v) is 5.40. The lowest BCUT2D eigenvalue weighted by atomic mass is 10.1. The molecule has 162 valence electrons. The molecule has 30 heavy (non-hydrogen) atoms. The van der Waals surface area contributed by atoms with Gasteiger partial charge >= 0.3 is 0 Å². The molecule has 1 saturated heterocycles. The number of piperazine rings is 1. The van der Waals surface area contributed by atoms with Crippen molar-refractivity contribution < 1.29 is 13.2 Å². The molecular weight excluding hydrogens is 398 g/mol. The maximum Gasteiger partial charge on any atom is 0.243 e. The average molecular weight is 430 g/mol. The van der Waals surface area contributed by atoms with Crippen molar-refractivity contribution in [3.8, 4) is 0 Å². The first-order valence-corrected chi connectivity index (χ1v) is 11.8. The number of hydrogen-bond donors (Lipinski definition) is 1. The van der Waals surface area contributed by atoms with Crippen LogP contribution < -0.4 is 5.32 Å². The second-order valence-corrected chi connectivity index (χ2v) is 9.99. The largest absolute Gasteiger partial charge is 0.351 e. The number of hydrogen-bond acceptors (Lipinski definition) is 4. The van der Waals surface area contributed by atoms with Crippen LogP contribution in [0.5, 0.6) is 0 Å². The Morgan fingerprint density at radius 3 is 2.17 bits per heavy atom. The van der Waals surface area contributed by atoms with Crippen LogP contribution in [0, 0.1) is 20.8 Å². The van der Waals surface area contributed by atoms with Gasteiger partial charge in [0.2, 0.25) is 15.9 Å². The van der Waals surface area contributed by atoms with Gasteiger partial charge in [0, 0.05) is 32.7 Å². The summed E-state index contributed by atoms with van der Waals surface area (Å²) >= 11 is 0. The predicted octanol–water partition coefficient (Wildman–Crippen LogP) is 2.62. The first kappa shape index (κ1) is 22.5. The molecule has 0 radical (unpaired) electrons. The van der Waals surface area contributed by atoms with Crippen LogP contribution in [0.4, 0.5) is 0 Å². The van der Waals surface area contributed by atoms with Gasteiger partial charge in [-0.3, -0.25) is 9.69 Å². The molecule has 1 fully saturated rings. The third kappa shape index (κ3) is 5.09. The van der Waals surface area contributed by atoms with E-state index < -0.39 is 10.0 Å². The molecule has 1 aliphatic rings. The fraction of sp³-hybridized carbons (Fsp3) is 0.435. The molecule has 6 nitrogen and oxygen atoms in total. The summed E-state index contributed by atoms with van der Waals surface area (Å²) in [7, 11) is -3.52. The van der Waals surface area contributed by atoms with E-state index in [4.69, 9.17) is 0 Å². The van der Waals surface area contributed by atoms with Crippen molar-refractivity contribution in [1.82, 2.24) is 14.5 Å². The van der Waals surface area contributed by atoms with Gasteiger partial charge in [0.25, 0.3) is 0 Å². The van der Waals surface area contributed by atoms with E-state index in [9.17, 15) is 13.2 Å². The lowest BCUT2D eigenvalue weighted by Crippen LogP contribution is -2.54. The van der Waals surface area contributed by atoms with E-state index in [0.717, 1.165) is 16.7 Å². The van der Waals surface area contributed by atoms with E-state index in [1.165, 1.54) is 9.87 Å². The molecule has 0 spiro atoms. The number of benzene rings is 2. The minimum atomic E-state index is -3.52. The molecular formula is C23H31N3O3S. The number of nitrogens with one attached hydrogen (secondary N) is 1. The smallest absolute Gasteiger partial charge is 0.243 e. The Hall–Kier alpha value is -2.22. The molecule has 1 amide bonds. The van der Waals surface area contributed by atoms with Crippen LogP contribution in [0.15, 0.2) is 47.4 Å².